The minimum atomic E-state index is -0.820. The lowest BCUT2D eigenvalue weighted by atomic mass is 9.74. The van der Waals surface area contributed by atoms with E-state index in [-0.39, 0.29) is 17.6 Å². The number of ketones is 1. The second-order valence-electron chi connectivity index (χ2n) is 4.27. The number of carboxylic acids is 1. The number of Topliss-reactive ketones (excluding diaryl/α,β-unsaturated/α-hetero) is 1. The van der Waals surface area contributed by atoms with E-state index in [9.17, 15) is 9.59 Å². The first kappa shape index (κ1) is 9.44. The average Bonchev–Trinajstić information content (AvgIpc) is 2.50. The third-order valence-corrected chi connectivity index (χ3v) is 3.54. The number of rotatable bonds is 1. The highest BCUT2D eigenvalue weighted by atomic mass is 16.4. The fourth-order valence-electron chi connectivity index (χ4n) is 2.75. The molecule has 76 valence electrons. The van der Waals surface area contributed by atoms with Crippen LogP contribution in [0.4, 0.5) is 0 Å². The molecule has 14 heavy (non-hydrogen) atoms. The molecule has 0 heterocycles. The Hall–Kier alpha value is -1.12. The third-order valence-electron chi connectivity index (χ3n) is 3.54. The Morgan fingerprint density at radius 2 is 2.29 bits per heavy atom. The van der Waals surface area contributed by atoms with Crippen molar-refractivity contribution in [3.05, 3.63) is 11.6 Å². The van der Waals surface area contributed by atoms with Crippen molar-refractivity contribution < 1.29 is 14.7 Å². The lowest BCUT2D eigenvalue weighted by Crippen LogP contribution is -2.33. The fourth-order valence-corrected chi connectivity index (χ4v) is 2.75. The van der Waals surface area contributed by atoms with E-state index in [1.165, 1.54) is 5.57 Å². The minimum Gasteiger partial charge on any atom is -0.481 e. The number of hydrogen-bond acceptors (Lipinski definition) is 2. The molecule has 2 aliphatic rings. The number of allylic oxidation sites excluding steroid dienone is 2. The fraction of sp³-hybridized carbons (Fsp3) is 0.636. The van der Waals surface area contributed by atoms with Gasteiger partial charge in [0.05, 0.1) is 5.92 Å². The van der Waals surface area contributed by atoms with Crippen LogP contribution in [0.15, 0.2) is 11.6 Å². The predicted octanol–water partition coefficient (Wildman–Crippen LogP) is 1.63. The Balaban J connectivity index is 2.32. The first-order valence-corrected chi connectivity index (χ1v) is 5.03. The van der Waals surface area contributed by atoms with Gasteiger partial charge in [-0.15, -0.1) is 0 Å². The molecular weight excluding hydrogens is 180 g/mol. The molecule has 3 heteroatoms. The average molecular weight is 194 g/mol. The summed E-state index contributed by atoms with van der Waals surface area (Å²) in [6.45, 7) is 2.01. The maximum atomic E-state index is 11.6. The lowest BCUT2D eigenvalue weighted by molar-refractivity contribution is -0.146. The molecule has 2 aliphatic carbocycles. The highest BCUT2D eigenvalue weighted by Crippen LogP contribution is 2.43. The highest BCUT2D eigenvalue weighted by Gasteiger charge is 2.45. The van der Waals surface area contributed by atoms with Crippen LogP contribution in [0.1, 0.15) is 26.2 Å². The first-order valence-electron chi connectivity index (χ1n) is 5.03. The summed E-state index contributed by atoms with van der Waals surface area (Å²) in [7, 11) is 0. The van der Waals surface area contributed by atoms with Gasteiger partial charge in [-0.3, -0.25) is 9.59 Å². The Morgan fingerprint density at radius 3 is 2.93 bits per heavy atom. The van der Waals surface area contributed by atoms with Crippen molar-refractivity contribution in [1.82, 2.24) is 0 Å². The molecule has 1 fully saturated rings. The number of fused-ring (bicyclic) bond motifs is 1. The van der Waals surface area contributed by atoms with Crippen LogP contribution in [-0.2, 0) is 9.59 Å². The topological polar surface area (TPSA) is 54.4 Å². The Morgan fingerprint density at radius 1 is 1.57 bits per heavy atom. The smallest absolute Gasteiger partial charge is 0.307 e. The molecule has 0 amide bonds. The molecule has 0 aliphatic heterocycles. The van der Waals surface area contributed by atoms with Gasteiger partial charge in [0.1, 0.15) is 5.78 Å². The van der Waals surface area contributed by atoms with Crippen molar-refractivity contribution in [3.63, 3.8) is 0 Å². The molecule has 2 rings (SSSR count). The molecule has 0 aromatic carbocycles. The molecule has 0 aromatic rings. The standard InChI is InChI=1S/C11H14O3/c1-6-2-3-8(11(13)14)10-7(6)4-5-9(10)12/h2,7-8,10H,3-5H2,1H3,(H,13,14). The zero-order chi connectivity index (χ0) is 10.3. The van der Waals surface area contributed by atoms with E-state index in [1.807, 2.05) is 13.0 Å². The molecule has 0 spiro atoms. The van der Waals surface area contributed by atoms with Gasteiger partial charge in [0, 0.05) is 12.3 Å². The van der Waals surface area contributed by atoms with E-state index in [1.54, 1.807) is 0 Å². The van der Waals surface area contributed by atoms with E-state index >= 15 is 0 Å². The molecular formula is C11H14O3. The third kappa shape index (κ3) is 1.27. The summed E-state index contributed by atoms with van der Waals surface area (Å²) in [6, 6.07) is 0. The summed E-state index contributed by atoms with van der Waals surface area (Å²) in [5.41, 5.74) is 1.21. The largest absolute Gasteiger partial charge is 0.481 e. The number of hydrogen-bond donors (Lipinski definition) is 1. The number of carboxylic acid groups (broad SMARTS) is 1. The zero-order valence-corrected chi connectivity index (χ0v) is 8.19. The highest BCUT2D eigenvalue weighted by molar-refractivity contribution is 5.89. The summed E-state index contributed by atoms with van der Waals surface area (Å²) in [5.74, 6) is -1.18. The molecule has 0 saturated heterocycles. The maximum Gasteiger partial charge on any atom is 0.307 e. The molecule has 3 atom stereocenters. The van der Waals surface area contributed by atoms with Crippen LogP contribution in [0, 0.1) is 17.8 Å². The Bertz CT molecular complexity index is 316. The molecule has 3 nitrogen and oxygen atoms in total. The summed E-state index contributed by atoms with van der Waals surface area (Å²) < 4.78 is 0. The van der Waals surface area contributed by atoms with Crippen molar-refractivity contribution in [3.8, 4) is 0 Å². The first-order chi connectivity index (χ1) is 6.61. The quantitative estimate of drug-likeness (QED) is 0.645. The van der Waals surface area contributed by atoms with Crippen molar-refractivity contribution in [2.75, 3.05) is 0 Å². The van der Waals surface area contributed by atoms with Crippen LogP contribution in [0.25, 0.3) is 0 Å². The second-order valence-corrected chi connectivity index (χ2v) is 4.27. The van der Waals surface area contributed by atoms with Gasteiger partial charge in [0.2, 0.25) is 0 Å². The predicted molar refractivity (Wildman–Crippen MR) is 50.7 cm³/mol. The normalized spacial score (nSPS) is 36.5. The van der Waals surface area contributed by atoms with Gasteiger partial charge in [-0.05, 0) is 25.7 Å². The molecule has 0 aromatic heterocycles. The van der Waals surface area contributed by atoms with Gasteiger partial charge in [-0.1, -0.05) is 11.6 Å². The van der Waals surface area contributed by atoms with Crippen LogP contribution in [0.2, 0.25) is 0 Å². The van der Waals surface area contributed by atoms with Gasteiger partial charge in [0.25, 0.3) is 0 Å². The van der Waals surface area contributed by atoms with Gasteiger partial charge in [-0.2, -0.15) is 0 Å². The minimum absolute atomic E-state index is 0.148. The Kier molecular flexibility index (Phi) is 2.17. The summed E-state index contributed by atoms with van der Waals surface area (Å²) in [6.07, 6.45) is 3.91. The Labute approximate surface area is 82.8 Å². The van der Waals surface area contributed by atoms with E-state index in [0.29, 0.717) is 12.8 Å². The number of carbonyl (C=O) groups is 2. The van der Waals surface area contributed by atoms with E-state index in [0.717, 1.165) is 6.42 Å². The number of aliphatic carboxylic acids is 1. The van der Waals surface area contributed by atoms with Gasteiger partial charge in [0.15, 0.2) is 0 Å². The number of carbonyl (C=O) groups excluding carboxylic acids is 1. The van der Waals surface area contributed by atoms with Crippen LogP contribution in [0.3, 0.4) is 0 Å². The van der Waals surface area contributed by atoms with E-state index in [4.69, 9.17) is 5.11 Å². The monoisotopic (exact) mass is 194 g/mol. The summed E-state index contributed by atoms with van der Waals surface area (Å²) in [5, 5.41) is 9.01. The van der Waals surface area contributed by atoms with Gasteiger partial charge < -0.3 is 5.11 Å². The summed E-state index contributed by atoms with van der Waals surface area (Å²) >= 11 is 0. The van der Waals surface area contributed by atoms with E-state index < -0.39 is 11.9 Å². The van der Waals surface area contributed by atoms with Crippen molar-refractivity contribution in [1.29, 1.82) is 0 Å². The maximum absolute atomic E-state index is 11.6. The lowest BCUT2D eigenvalue weighted by Gasteiger charge is -2.29. The second kappa shape index (κ2) is 3.23. The van der Waals surface area contributed by atoms with Crippen molar-refractivity contribution in [2.24, 2.45) is 17.8 Å². The molecule has 3 unspecified atom stereocenters. The summed E-state index contributed by atoms with van der Waals surface area (Å²) in [4.78, 5) is 22.5. The van der Waals surface area contributed by atoms with Crippen LogP contribution in [0.5, 0.6) is 0 Å². The van der Waals surface area contributed by atoms with Crippen molar-refractivity contribution >= 4 is 11.8 Å². The molecule has 1 N–H and O–H groups in total. The SMILES string of the molecule is CC1=CCC(C(=O)O)C2C(=O)CCC12. The van der Waals surface area contributed by atoms with Crippen LogP contribution < -0.4 is 0 Å². The van der Waals surface area contributed by atoms with Crippen LogP contribution >= 0.6 is 0 Å². The van der Waals surface area contributed by atoms with E-state index in [2.05, 4.69) is 0 Å². The van der Waals surface area contributed by atoms with Crippen LogP contribution in [-0.4, -0.2) is 16.9 Å². The van der Waals surface area contributed by atoms with Crippen molar-refractivity contribution in [2.45, 2.75) is 26.2 Å². The van der Waals surface area contributed by atoms with Gasteiger partial charge >= 0.3 is 5.97 Å². The zero-order valence-electron chi connectivity index (χ0n) is 8.19. The van der Waals surface area contributed by atoms with Gasteiger partial charge in [-0.25, -0.2) is 0 Å². The molecule has 0 bridgehead atoms. The molecule has 1 saturated carbocycles. The molecule has 0 radical (unpaired) electrons.